The summed E-state index contributed by atoms with van der Waals surface area (Å²) in [5.74, 6) is 0.207. The molecule has 0 bridgehead atoms. The van der Waals surface area contributed by atoms with Gasteiger partial charge in [-0.05, 0) is 36.1 Å². The molecule has 0 atom stereocenters. The topological polar surface area (TPSA) is 56.3 Å². The lowest BCUT2D eigenvalue weighted by molar-refractivity contribution is 0.476. The van der Waals surface area contributed by atoms with E-state index in [0.29, 0.717) is 5.39 Å². The lowest BCUT2D eigenvalue weighted by atomic mass is 10.0. The Kier molecular flexibility index (Phi) is 2.67. The van der Waals surface area contributed by atoms with Crippen molar-refractivity contribution >= 4 is 27.4 Å². The number of benzene rings is 2. The van der Waals surface area contributed by atoms with Crippen molar-refractivity contribution in [3.8, 4) is 5.75 Å². The first kappa shape index (κ1) is 12.5. The SMILES string of the molecule is Cc1cc(O)cc2c1[nH]c(=O)c1c(N(C)C)cccc12. The van der Waals surface area contributed by atoms with E-state index in [-0.39, 0.29) is 11.3 Å². The molecule has 0 radical (unpaired) electrons. The summed E-state index contributed by atoms with van der Waals surface area (Å²) in [7, 11) is 3.82. The number of aromatic amines is 1. The number of nitrogens with one attached hydrogen (secondary N) is 1. The van der Waals surface area contributed by atoms with Crippen molar-refractivity contribution in [3.63, 3.8) is 0 Å². The summed E-state index contributed by atoms with van der Waals surface area (Å²) in [6, 6.07) is 9.10. The number of fused-ring (bicyclic) bond motifs is 3. The van der Waals surface area contributed by atoms with Crippen LogP contribution in [0.1, 0.15) is 5.56 Å². The van der Waals surface area contributed by atoms with E-state index in [4.69, 9.17) is 0 Å². The molecule has 4 heteroatoms. The Labute approximate surface area is 116 Å². The van der Waals surface area contributed by atoms with Crippen LogP contribution < -0.4 is 10.5 Å². The van der Waals surface area contributed by atoms with Crippen molar-refractivity contribution in [2.45, 2.75) is 6.92 Å². The minimum Gasteiger partial charge on any atom is -0.508 e. The lowest BCUT2D eigenvalue weighted by Gasteiger charge is -2.16. The maximum atomic E-state index is 12.4. The van der Waals surface area contributed by atoms with Gasteiger partial charge >= 0.3 is 0 Å². The van der Waals surface area contributed by atoms with Gasteiger partial charge in [-0.3, -0.25) is 4.79 Å². The molecule has 2 N–H and O–H groups in total. The number of phenolic OH excluding ortho intramolecular Hbond substituents is 1. The number of aryl methyl sites for hydroxylation is 1. The third-order valence-electron chi connectivity index (χ3n) is 3.60. The maximum Gasteiger partial charge on any atom is 0.258 e. The number of pyridine rings is 1. The predicted molar refractivity (Wildman–Crippen MR) is 82.8 cm³/mol. The first-order chi connectivity index (χ1) is 9.49. The summed E-state index contributed by atoms with van der Waals surface area (Å²) >= 11 is 0. The van der Waals surface area contributed by atoms with Gasteiger partial charge in [0.25, 0.3) is 5.56 Å². The summed E-state index contributed by atoms with van der Waals surface area (Å²) in [5.41, 5.74) is 2.39. The molecule has 1 heterocycles. The van der Waals surface area contributed by atoms with Crippen LogP contribution in [-0.4, -0.2) is 24.2 Å². The Hall–Kier alpha value is -2.49. The van der Waals surface area contributed by atoms with E-state index in [0.717, 1.165) is 27.5 Å². The van der Waals surface area contributed by atoms with Crippen molar-refractivity contribution in [3.05, 3.63) is 46.2 Å². The lowest BCUT2D eigenvalue weighted by Crippen LogP contribution is -2.15. The summed E-state index contributed by atoms with van der Waals surface area (Å²) in [6.07, 6.45) is 0. The molecule has 0 spiro atoms. The van der Waals surface area contributed by atoms with Crippen LogP contribution >= 0.6 is 0 Å². The highest BCUT2D eigenvalue weighted by atomic mass is 16.3. The second-order valence-corrected chi connectivity index (χ2v) is 5.23. The van der Waals surface area contributed by atoms with Crippen molar-refractivity contribution in [2.24, 2.45) is 0 Å². The van der Waals surface area contributed by atoms with E-state index in [1.54, 1.807) is 12.1 Å². The van der Waals surface area contributed by atoms with Gasteiger partial charge in [-0.15, -0.1) is 0 Å². The van der Waals surface area contributed by atoms with Crippen LogP contribution in [0.25, 0.3) is 21.7 Å². The zero-order valence-electron chi connectivity index (χ0n) is 11.7. The fourth-order valence-corrected chi connectivity index (χ4v) is 2.70. The number of hydrogen-bond acceptors (Lipinski definition) is 3. The molecular weight excluding hydrogens is 252 g/mol. The second-order valence-electron chi connectivity index (χ2n) is 5.23. The van der Waals surface area contributed by atoms with E-state index < -0.39 is 0 Å². The zero-order valence-corrected chi connectivity index (χ0v) is 11.7. The fourth-order valence-electron chi connectivity index (χ4n) is 2.70. The molecule has 0 unspecified atom stereocenters. The van der Waals surface area contributed by atoms with Crippen molar-refractivity contribution < 1.29 is 5.11 Å². The Morgan fingerprint density at radius 1 is 1.15 bits per heavy atom. The normalized spacial score (nSPS) is 11.2. The van der Waals surface area contributed by atoms with Gasteiger partial charge in [0.1, 0.15) is 5.75 Å². The number of hydrogen-bond donors (Lipinski definition) is 2. The number of H-pyrrole nitrogens is 1. The minimum atomic E-state index is -0.106. The number of nitrogens with zero attached hydrogens (tertiary/aromatic N) is 1. The minimum absolute atomic E-state index is 0.106. The maximum absolute atomic E-state index is 12.4. The van der Waals surface area contributed by atoms with Crippen LogP contribution in [0.15, 0.2) is 35.1 Å². The molecule has 4 nitrogen and oxygen atoms in total. The Morgan fingerprint density at radius 2 is 1.90 bits per heavy atom. The quantitative estimate of drug-likeness (QED) is 0.667. The summed E-state index contributed by atoms with van der Waals surface area (Å²) in [4.78, 5) is 17.3. The van der Waals surface area contributed by atoms with Gasteiger partial charge in [0, 0.05) is 25.2 Å². The van der Waals surface area contributed by atoms with Crippen LogP contribution in [0.3, 0.4) is 0 Å². The highest BCUT2D eigenvalue weighted by Crippen LogP contribution is 2.31. The third-order valence-corrected chi connectivity index (χ3v) is 3.60. The monoisotopic (exact) mass is 268 g/mol. The molecule has 20 heavy (non-hydrogen) atoms. The van der Waals surface area contributed by atoms with Crippen LogP contribution in [0.2, 0.25) is 0 Å². The number of anilines is 1. The van der Waals surface area contributed by atoms with Gasteiger partial charge in [-0.25, -0.2) is 0 Å². The van der Waals surface area contributed by atoms with Crippen LogP contribution in [-0.2, 0) is 0 Å². The van der Waals surface area contributed by atoms with Gasteiger partial charge in [0.2, 0.25) is 0 Å². The Balaban J connectivity index is 2.61. The van der Waals surface area contributed by atoms with E-state index in [2.05, 4.69) is 4.98 Å². The Bertz CT molecular complexity index is 879. The molecule has 0 amide bonds. The van der Waals surface area contributed by atoms with E-state index in [1.165, 1.54) is 0 Å². The number of phenols is 1. The molecule has 0 aliphatic heterocycles. The third kappa shape index (κ3) is 1.72. The summed E-state index contributed by atoms with van der Waals surface area (Å²) in [5, 5.41) is 12.2. The molecular formula is C16H16N2O2. The summed E-state index contributed by atoms with van der Waals surface area (Å²) < 4.78 is 0. The summed E-state index contributed by atoms with van der Waals surface area (Å²) in [6.45, 7) is 1.87. The van der Waals surface area contributed by atoms with Gasteiger partial charge in [0.15, 0.2) is 0 Å². The number of aromatic hydroxyl groups is 1. The van der Waals surface area contributed by atoms with Gasteiger partial charge < -0.3 is 15.0 Å². The largest absolute Gasteiger partial charge is 0.508 e. The molecule has 0 aliphatic rings. The smallest absolute Gasteiger partial charge is 0.258 e. The molecule has 0 saturated heterocycles. The Morgan fingerprint density at radius 3 is 2.60 bits per heavy atom. The first-order valence-corrected chi connectivity index (χ1v) is 6.44. The van der Waals surface area contributed by atoms with E-state index >= 15 is 0 Å². The predicted octanol–water partition coefficient (Wildman–Crippen LogP) is 2.76. The first-order valence-electron chi connectivity index (χ1n) is 6.44. The standard InChI is InChI=1S/C16H16N2O2/c1-9-7-10(19)8-12-11-5-4-6-13(18(2)3)14(11)16(20)17-15(9)12/h4-8,19H,1-3H3,(H,17,20). The molecule has 2 aromatic carbocycles. The molecule has 3 aromatic rings. The fraction of sp³-hybridized carbons (Fsp3) is 0.188. The van der Waals surface area contributed by atoms with Crippen molar-refractivity contribution in [1.29, 1.82) is 0 Å². The van der Waals surface area contributed by atoms with Crippen molar-refractivity contribution in [1.82, 2.24) is 4.98 Å². The zero-order chi connectivity index (χ0) is 14.4. The highest BCUT2D eigenvalue weighted by Gasteiger charge is 2.12. The van der Waals surface area contributed by atoms with Gasteiger partial charge in [0.05, 0.1) is 10.9 Å². The highest BCUT2D eigenvalue weighted by molar-refractivity contribution is 6.10. The molecule has 3 rings (SSSR count). The van der Waals surface area contributed by atoms with Crippen LogP contribution in [0.5, 0.6) is 5.75 Å². The molecule has 1 aromatic heterocycles. The molecule has 0 saturated carbocycles. The van der Waals surface area contributed by atoms with Gasteiger partial charge in [-0.2, -0.15) is 0 Å². The number of aromatic nitrogens is 1. The van der Waals surface area contributed by atoms with Gasteiger partial charge in [-0.1, -0.05) is 12.1 Å². The molecule has 102 valence electrons. The average Bonchev–Trinajstić information content (AvgIpc) is 2.39. The average molecular weight is 268 g/mol. The van der Waals surface area contributed by atoms with Crippen LogP contribution in [0, 0.1) is 6.92 Å². The molecule has 0 aliphatic carbocycles. The second kappa shape index (κ2) is 4.27. The van der Waals surface area contributed by atoms with Crippen LogP contribution in [0.4, 0.5) is 5.69 Å². The van der Waals surface area contributed by atoms with Crippen molar-refractivity contribution in [2.75, 3.05) is 19.0 Å². The number of rotatable bonds is 1. The van der Waals surface area contributed by atoms with E-state index in [1.807, 2.05) is 44.1 Å². The van der Waals surface area contributed by atoms with E-state index in [9.17, 15) is 9.90 Å². The molecule has 0 fully saturated rings.